The van der Waals surface area contributed by atoms with Crippen molar-refractivity contribution < 1.29 is 4.74 Å². The molecular weight excluding hydrogens is 652 g/mol. The summed E-state index contributed by atoms with van der Waals surface area (Å²) in [6.07, 6.45) is 2.34. The monoisotopic (exact) mass is 669 g/mol. The average molecular weight is 673 g/mol. The van der Waals surface area contributed by atoms with E-state index in [9.17, 15) is 4.79 Å². The van der Waals surface area contributed by atoms with Crippen LogP contribution in [0, 0.1) is 0 Å². The zero-order valence-electron chi connectivity index (χ0n) is 19.2. The number of hydrogen-bond acceptors (Lipinski definition) is 4. The molecule has 3 aromatic carbocycles. The molecule has 0 spiro atoms. The number of hydrogen-bond donors (Lipinski definition) is 0. The first-order valence-electron chi connectivity index (χ1n) is 11.0. The van der Waals surface area contributed by atoms with Gasteiger partial charge in [-0.25, -0.2) is 4.98 Å². The molecule has 1 atom stereocenters. The van der Waals surface area contributed by atoms with Crippen molar-refractivity contribution in [1.82, 2.24) is 9.66 Å². The predicted molar refractivity (Wildman–Crippen MR) is 155 cm³/mol. The number of nitrogens with zero attached hydrogens (tertiary/aromatic N) is 3. The van der Waals surface area contributed by atoms with Crippen LogP contribution in [0.3, 0.4) is 0 Å². The Hall–Kier alpha value is -1.90. The highest BCUT2D eigenvalue weighted by molar-refractivity contribution is 9.10. The molecule has 0 aliphatic heterocycles. The molecule has 0 unspecified atom stereocenters. The van der Waals surface area contributed by atoms with Crippen LogP contribution >= 0.6 is 66.7 Å². The SMILES string of the molecule is CC[C@@H](C)c1nc2ccc(Br)cc2c(=O)n1N=Cc1cc(Cl)cc(Br)c1OCc1ccc(Cl)cc1Cl. The van der Waals surface area contributed by atoms with Gasteiger partial charge in [-0.3, -0.25) is 4.79 Å². The molecule has 1 heterocycles. The zero-order chi connectivity index (χ0) is 26.0. The summed E-state index contributed by atoms with van der Waals surface area (Å²) in [4.78, 5) is 18.2. The van der Waals surface area contributed by atoms with E-state index in [0.717, 1.165) is 16.5 Å². The molecule has 10 heteroatoms. The van der Waals surface area contributed by atoms with Crippen molar-refractivity contribution in [2.75, 3.05) is 0 Å². The number of halogens is 5. The van der Waals surface area contributed by atoms with E-state index < -0.39 is 0 Å². The fourth-order valence-electron chi connectivity index (χ4n) is 3.52. The van der Waals surface area contributed by atoms with Crippen molar-refractivity contribution in [2.45, 2.75) is 32.8 Å². The predicted octanol–water partition coefficient (Wildman–Crippen LogP) is 8.86. The molecule has 36 heavy (non-hydrogen) atoms. The Bertz CT molecular complexity index is 1540. The van der Waals surface area contributed by atoms with Gasteiger partial charge in [0.2, 0.25) is 0 Å². The van der Waals surface area contributed by atoms with Gasteiger partial charge >= 0.3 is 0 Å². The molecule has 1 aromatic heterocycles. The van der Waals surface area contributed by atoms with E-state index in [2.05, 4.69) is 37.0 Å². The van der Waals surface area contributed by atoms with Crippen LogP contribution < -0.4 is 10.3 Å². The van der Waals surface area contributed by atoms with Crippen molar-refractivity contribution in [3.05, 3.63) is 99.8 Å². The van der Waals surface area contributed by atoms with Crippen LogP contribution in [-0.4, -0.2) is 15.9 Å². The van der Waals surface area contributed by atoms with Crippen LogP contribution in [0.15, 0.2) is 67.4 Å². The van der Waals surface area contributed by atoms with Crippen LogP contribution in [0.1, 0.15) is 43.1 Å². The molecule has 0 saturated heterocycles. The molecule has 5 nitrogen and oxygen atoms in total. The highest BCUT2D eigenvalue weighted by atomic mass is 79.9. The van der Waals surface area contributed by atoms with Gasteiger partial charge in [0.15, 0.2) is 0 Å². The summed E-state index contributed by atoms with van der Waals surface area (Å²) in [7, 11) is 0. The fourth-order valence-corrected chi connectivity index (χ4v) is 5.29. The second-order valence-electron chi connectivity index (χ2n) is 8.13. The van der Waals surface area contributed by atoms with Gasteiger partial charge in [0.05, 0.1) is 21.6 Å². The second kappa shape index (κ2) is 11.7. The van der Waals surface area contributed by atoms with E-state index >= 15 is 0 Å². The van der Waals surface area contributed by atoms with Gasteiger partial charge < -0.3 is 4.74 Å². The number of rotatable bonds is 7. The summed E-state index contributed by atoms with van der Waals surface area (Å²) < 4.78 is 8.87. The first kappa shape index (κ1) is 27.1. The molecule has 0 N–H and O–H groups in total. The lowest BCUT2D eigenvalue weighted by atomic mass is 10.1. The fraction of sp³-hybridized carbons (Fsp3) is 0.192. The molecule has 0 fully saturated rings. The summed E-state index contributed by atoms with van der Waals surface area (Å²) in [6.45, 7) is 4.25. The normalized spacial score (nSPS) is 12.4. The van der Waals surface area contributed by atoms with Crippen LogP contribution in [0.4, 0.5) is 0 Å². The Morgan fingerprint density at radius 1 is 1.08 bits per heavy atom. The van der Waals surface area contributed by atoms with Gasteiger partial charge in [0.25, 0.3) is 5.56 Å². The molecule has 0 aliphatic carbocycles. The van der Waals surface area contributed by atoms with Crippen LogP contribution in [-0.2, 0) is 6.61 Å². The highest BCUT2D eigenvalue weighted by Gasteiger charge is 2.17. The Kier molecular flexibility index (Phi) is 8.79. The molecule has 0 radical (unpaired) electrons. The van der Waals surface area contributed by atoms with Crippen molar-refractivity contribution in [1.29, 1.82) is 0 Å². The van der Waals surface area contributed by atoms with Crippen LogP contribution in [0.5, 0.6) is 5.75 Å². The zero-order valence-corrected chi connectivity index (χ0v) is 24.7. The molecule has 0 aliphatic rings. The van der Waals surface area contributed by atoms with Gasteiger partial charge in [-0.1, -0.05) is 70.6 Å². The largest absolute Gasteiger partial charge is 0.487 e. The first-order valence-corrected chi connectivity index (χ1v) is 13.7. The molecule has 4 rings (SSSR count). The Morgan fingerprint density at radius 2 is 1.86 bits per heavy atom. The minimum absolute atomic E-state index is 0.0109. The Balaban J connectivity index is 1.78. The third-order valence-corrected chi connectivity index (χ3v) is 7.51. The summed E-state index contributed by atoms with van der Waals surface area (Å²) >= 11 is 25.6. The Labute approximate surface area is 240 Å². The average Bonchev–Trinajstić information content (AvgIpc) is 2.83. The first-order chi connectivity index (χ1) is 17.2. The maximum Gasteiger partial charge on any atom is 0.282 e. The topological polar surface area (TPSA) is 56.5 Å². The van der Waals surface area contributed by atoms with Gasteiger partial charge in [-0.15, -0.1) is 0 Å². The number of aromatic nitrogens is 2. The summed E-state index contributed by atoms with van der Waals surface area (Å²) in [5.74, 6) is 1.09. The molecule has 0 amide bonds. The van der Waals surface area contributed by atoms with Gasteiger partial charge in [0, 0.05) is 36.6 Å². The van der Waals surface area contributed by atoms with Gasteiger partial charge in [0.1, 0.15) is 18.2 Å². The van der Waals surface area contributed by atoms with E-state index in [1.54, 1.807) is 42.6 Å². The van der Waals surface area contributed by atoms with Crippen molar-refractivity contribution >= 4 is 83.8 Å². The summed E-state index contributed by atoms with van der Waals surface area (Å²) in [5.41, 5.74) is 1.71. The number of fused-ring (bicyclic) bond motifs is 1. The number of benzene rings is 3. The lowest BCUT2D eigenvalue weighted by molar-refractivity contribution is 0.304. The lowest BCUT2D eigenvalue weighted by Gasteiger charge is -2.15. The van der Waals surface area contributed by atoms with Crippen LogP contribution in [0.2, 0.25) is 15.1 Å². The lowest BCUT2D eigenvalue weighted by Crippen LogP contribution is -2.23. The Morgan fingerprint density at radius 3 is 2.58 bits per heavy atom. The quantitative estimate of drug-likeness (QED) is 0.185. The van der Waals surface area contributed by atoms with Crippen molar-refractivity contribution in [2.24, 2.45) is 5.10 Å². The van der Waals surface area contributed by atoms with E-state index in [1.165, 1.54) is 4.68 Å². The maximum absolute atomic E-state index is 13.4. The third kappa shape index (κ3) is 5.97. The smallest absolute Gasteiger partial charge is 0.282 e. The standard InChI is InChI=1S/C26H20Br2Cl3N3O2/c1-3-14(2)25-33-23-7-5-17(27)9-20(23)26(35)34(25)32-12-16-8-19(30)10-21(28)24(16)36-13-15-4-6-18(29)11-22(15)31/h4-12,14H,3,13H2,1-2H3/t14-/m1/s1. The second-order valence-corrected chi connectivity index (χ2v) is 11.2. The molecule has 186 valence electrons. The highest BCUT2D eigenvalue weighted by Crippen LogP contribution is 2.33. The van der Waals surface area contributed by atoms with E-state index in [-0.39, 0.29) is 18.1 Å². The molecule has 4 aromatic rings. The van der Waals surface area contributed by atoms with Crippen molar-refractivity contribution in [3.8, 4) is 5.75 Å². The maximum atomic E-state index is 13.4. The van der Waals surface area contributed by atoms with Gasteiger partial charge in [-0.05, 0) is 64.8 Å². The van der Waals surface area contributed by atoms with Gasteiger partial charge in [-0.2, -0.15) is 9.78 Å². The molecule has 0 bridgehead atoms. The molecule has 0 saturated carbocycles. The van der Waals surface area contributed by atoms with E-state index in [4.69, 9.17) is 44.5 Å². The minimum atomic E-state index is -0.260. The molecular formula is C26H20Br2Cl3N3O2. The summed E-state index contributed by atoms with van der Waals surface area (Å²) in [6, 6.07) is 14.1. The van der Waals surface area contributed by atoms with Crippen molar-refractivity contribution in [3.63, 3.8) is 0 Å². The third-order valence-electron chi connectivity index (χ3n) is 5.62. The van der Waals surface area contributed by atoms with E-state index in [0.29, 0.717) is 47.6 Å². The summed E-state index contributed by atoms with van der Waals surface area (Å²) in [5, 5.41) is 6.54. The minimum Gasteiger partial charge on any atom is -0.487 e. The van der Waals surface area contributed by atoms with Crippen LogP contribution in [0.25, 0.3) is 10.9 Å². The number of ether oxygens (including phenoxy) is 1. The van der Waals surface area contributed by atoms with E-state index in [1.807, 2.05) is 26.0 Å².